The third kappa shape index (κ3) is 3.99. The Morgan fingerprint density at radius 1 is 1.00 bits per heavy atom. The lowest BCUT2D eigenvalue weighted by molar-refractivity contribution is -0.122. The number of para-hydroxylation sites is 2. The SMILES string of the molecule is NC(=O)C1Cc2ccccc2CN1C(=O)c1ccc(CSc2nc3ccccc3[nH]2)cc1. The molecule has 1 atom stereocenters. The zero-order valence-electron chi connectivity index (χ0n) is 17.3. The van der Waals surface area contributed by atoms with E-state index in [9.17, 15) is 9.59 Å². The van der Waals surface area contributed by atoms with Crippen LogP contribution in [0.15, 0.2) is 78.0 Å². The number of carbonyl (C=O) groups is 2. The molecule has 2 heterocycles. The van der Waals surface area contributed by atoms with Crippen molar-refractivity contribution < 1.29 is 9.59 Å². The minimum atomic E-state index is -0.638. The van der Waals surface area contributed by atoms with Crippen molar-refractivity contribution in [1.29, 1.82) is 0 Å². The van der Waals surface area contributed by atoms with Gasteiger partial charge in [-0.2, -0.15) is 0 Å². The molecule has 0 spiro atoms. The normalized spacial score (nSPS) is 15.5. The monoisotopic (exact) mass is 442 g/mol. The molecule has 6 nitrogen and oxygen atoms in total. The van der Waals surface area contributed by atoms with E-state index in [4.69, 9.17) is 5.73 Å². The summed E-state index contributed by atoms with van der Waals surface area (Å²) >= 11 is 1.61. The first-order valence-corrected chi connectivity index (χ1v) is 11.4. The number of hydrogen-bond acceptors (Lipinski definition) is 4. The molecule has 3 N–H and O–H groups in total. The number of imidazole rings is 1. The molecule has 0 aliphatic carbocycles. The number of nitrogens with two attached hydrogens (primary N) is 1. The number of nitrogens with zero attached hydrogens (tertiary/aromatic N) is 2. The van der Waals surface area contributed by atoms with E-state index in [0.29, 0.717) is 18.5 Å². The van der Waals surface area contributed by atoms with Crippen molar-refractivity contribution in [2.75, 3.05) is 0 Å². The Hall–Kier alpha value is -3.58. The maximum absolute atomic E-state index is 13.2. The number of amides is 2. The number of carbonyl (C=O) groups excluding carboxylic acids is 2. The lowest BCUT2D eigenvalue weighted by atomic mass is 9.93. The van der Waals surface area contributed by atoms with Crippen LogP contribution in [0.3, 0.4) is 0 Å². The van der Waals surface area contributed by atoms with Crippen molar-refractivity contribution in [3.8, 4) is 0 Å². The molecule has 0 radical (unpaired) electrons. The molecule has 2 amide bonds. The van der Waals surface area contributed by atoms with Gasteiger partial charge in [-0.3, -0.25) is 9.59 Å². The summed E-state index contributed by atoms with van der Waals surface area (Å²) < 4.78 is 0. The predicted molar refractivity (Wildman–Crippen MR) is 125 cm³/mol. The van der Waals surface area contributed by atoms with Crippen LogP contribution in [0.2, 0.25) is 0 Å². The summed E-state index contributed by atoms with van der Waals surface area (Å²) in [4.78, 5) is 34.8. The van der Waals surface area contributed by atoms with E-state index in [-0.39, 0.29) is 5.91 Å². The van der Waals surface area contributed by atoms with Gasteiger partial charge in [0.2, 0.25) is 5.91 Å². The lowest BCUT2D eigenvalue weighted by Crippen LogP contribution is -2.51. The van der Waals surface area contributed by atoms with Crippen molar-refractivity contribution in [1.82, 2.24) is 14.9 Å². The maximum atomic E-state index is 13.2. The number of benzene rings is 3. The maximum Gasteiger partial charge on any atom is 0.254 e. The molecule has 1 aromatic heterocycles. The average Bonchev–Trinajstić information content (AvgIpc) is 3.25. The van der Waals surface area contributed by atoms with Gasteiger partial charge in [0.1, 0.15) is 6.04 Å². The fourth-order valence-corrected chi connectivity index (χ4v) is 4.89. The number of H-pyrrole nitrogens is 1. The van der Waals surface area contributed by atoms with Crippen LogP contribution in [0.25, 0.3) is 11.0 Å². The predicted octanol–water partition coefficient (Wildman–Crippen LogP) is 3.91. The largest absolute Gasteiger partial charge is 0.368 e. The van der Waals surface area contributed by atoms with Crippen molar-refractivity contribution in [2.45, 2.75) is 29.9 Å². The Morgan fingerprint density at radius 3 is 2.47 bits per heavy atom. The van der Waals surface area contributed by atoms with Gasteiger partial charge in [-0.15, -0.1) is 0 Å². The third-order valence-electron chi connectivity index (χ3n) is 5.78. The molecule has 32 heavy (non-hydrogen) atoms. The summed E-state index contributed by atoms with van der Waals surface area (Å²) in [6.07, 6.45) is 0.448. The number of thioether (sulfide) groups is 1. The van der Waals surface area contributed by atoms with Crippen molar-refractivity contribution in [2.24, 2.45) is 5.73 Å². The summed E-state index contributed by atoms with van der Waals surface area (Å²) in [5.41, 5.74) is 11.4. The Kier molecular flexibility index (Phi) is 5.41. The third-order valence-corrected chi connectivity index (χ3v) is 6.73. The van der Waals surface area contributed by atoms with E-state index in [2.05, 4.69) is 9.97 Å². The molecule has 1 aliphatic rings. The lowest BCUT2D eigenvalue weighted by Gasteiger charge is -2.35. The summed E-state index contributed by atoms with van der Waals surface area (Å²) in [5, 5.41) is 0.864. The molecular formula is C25H22N4O2S. The van der Waals surface area contributed by atoms with Gasteiger partial charge in [-0.25, -0.2) is 4.98 Å². The number of nitrogens with one attached hydrogen (secondary N) is 1. The highest BCUT2D eigenvalue weighted by atomic mass is 32.2. The van der Waals surface area contributed by atoms with Gasteiger partial charge < -0.3 is 15.6 Å². The molecule has 1 unspecified atom stereocenters. The molecule has 0 saturated heterocycles. The summed E-state index contributed by atoms with van der Waals surface area (Å²) in [6.45, 7) is 0.381. The number of aromatic nitrogens is 2. The molecule has 0 bridgehead atoms. The van der Waals surface area contributed by atoms with Gasteiger partial charge in [0.25, 0.3) is 5.91 Å². The number of rotatable bonds is 5. The van der Waals surface area contributed by atoms with E-state index in [1.165, 1.54) is 0 Å². The number of primary amides is 1. The molecule has 0 fully saturated rings. The molecule has 3 aromatic carbocycles. The highest BCUT2D eigenvalue weighted by molar-refractivity contribution is 7.98. The van der Waals surface area contributed by atoms with Gasteiger partial charge >= 0.3 is 0 Å². The van der Waals surface area contributed by atoms with Crippen LogP contribution in [0.4, 0.5) is 0 Å². The fraction of sp³-hybridized carbons (Fsp3) is 0.160. The van der Waals surface area contributed by atoms with E-state index in [0.717, 1.165) is 38.6 Å². The van der Waals surface area contributed by atoms with Crippen LogP contribution in [-0.4, -0.2) is 32.7 Å². The van der Waals surface area contributed by atoms with E-state index in [1.54, 1.807) is 16.7 Å². The molecular weight excluding hydrogens is 420 g/mol. The molecule has 5 rings (SSSR count). The zero-order valence-corrected chi connectivity index (χ0v) is 18.1. The summed E-state index contributed by atoms with van der Waals surface area (Å²) in [6, 6.07) is 22.7. The number of fused-ring (bicyclic) bond motifs is 2. The average molecular weight is 443 g/mol. The Bertz CT molecular complexity index is 1270. The van der Waals surface area contributed by atoms with Gasteiger partial charge in [0.05, 0.1) is 11.0 Å². The minimum absolute atomic E-state index is 0.181. The molecule has 4 aromatic rings. The summed E-state index contributed by atoms with van der Waals surface area (Å²) in [7, 11) is 0. The Balaban J connectivity index is 1.29. The van der Waals surface area contributed by atoms with Crippen molar-refractivity contribution in [3.05, 3.63) is 95.1 Å². The van der Waals surface area contributed by atoms with Gasteiger partial charge in [0.15, 0.2) is 5.16 Å². The quantitative estimate of drug-likeness (QED) is 0.459. The van der Waals surface area contributed by atoms with E-state index in [1.807, 2.05) is 72.8 Å². The van der Waals surface area contributed by atoms with Crippen LogP contribution in [0.1, 0.15) is 27.0 Å². The molecule has 7 heteroatoms. The van der Waals surface area contributed by atoms with Gasteiger partial charge in [-0.05, 0) is 41.0 Å². The van der Waals surface area contributed by atoms with E-state index >= 15 is 0 Å². The minimum Gasteiger partial charge on any atom is -0.368 e. The van der Waals surface area contributed by atoms with Crippen molar-refractivity contribution >= 4 is 34.6 Å². The van der Waals surface area contributed by atoms with Gasteiger partial charge in [0, 0.05) is 24.3 Å². The second-order valence-corrected chi connectivity index (χ2v) is 8.83. The van der Waals surface area contributed by atoms with Gasteiger partial charge in [-0.1, -0.05) is 60.3 Å². The molecule has 0 saturated carbocycles. The van der Waals surface area contributed by atoms with Crippen LogP contribution < -0.4 is 5.73 Å². The van der Waals surface area contributed by atoms with Crippen LogP contribution in [0, 0.1) is 0 Å². The van der Waals surface area contributed by atoms with Crippen LogP contribution >= 0.6 is 11.8 Å². The smallest absolute Gasteiger partial charge is 0.254 e. The van der Waals surface area contributed by atoms with E-state index < -0.39 is 11.9 Å². The van der Waals surface area contributed by atoms with Crippen LogP contribution in [-0.2, 0) is 23.5 Å². The molecule has 1 aliphatic heterocycles. The first kappa shape index (κ1) is 20.3. The summed E-state index contributed by atoms with van der Waals surface area (Å²) in [5.74, 6) is 0.0708. The van der Waals surface area contributed by atoms with Crippen LogP contribution in [0.5, 0.6) is 0 Å². The van der Waals surface area contributed by atoms with Crippen molar-refractivity contribution in [3.63, 3.8) is 0 Å². The second kappa shape index (κ2) is 8.51. The zero-order chi connectivity index (χ0) is 22.1. The fourth-order valence-electron chi connectivity index (χ4n) is 4.05. The number of aromatic amines is 1. The highest BCUT2D eigenvalue weighted by Gasteiger charge is 2.33. The Morgan fingerprint density at radius 2 is 1.72 bits per heavy atom. The highest BCUT2D eigenvalue weighted by Crippen LogP contribution is 2.26. The topological polar surface area (TPSA) is 92.1 Å². The standard InChI is InChI=1S/C25H22N4O2S/c26-23(30)22-13-18-5-1-2-6-19(18)14-29(22)24(31)17-11-9-16(10-12-17)15-32-25-27-20-7-3-4-8-21(20)28-25/h1-12,22H,13-15H2,(H2,26,30)(H,27,28). The second-order valence-electron chi connectivity index (χ2n) is 7.87. The first-order chi connectivity index (χ1) is 15.6. The number of hydrogen-bond donors (Lipinski definition) is 2. The molecule has 160 valence electrons. The Labute approximate surface area is 189 Å². The first-order valence-electron chi connectivity index (χ1n) is 10.4.